The SMILES string of the molecule is COc1ccc(CN[C@@H](C)C(=O)O)c(OC)c1. The van der Waals surface area contributed by atoms with E-state index in [1.54, 1.807) is 27.2 Å². The van der Waals surface area contributed by atoms with Gasteiger partial charge in [-0.25, -0.2) is 0 Å². The zero-order chi connectivity index (χ0) is 12.8. The van der Waals surface area contributed by atoms with Crippen molar-refractivity contribution in [3.05, 3.63) is 23.8 Å². The second-order valence-electron chi connectivity index (χ2n) is 3.62. The maximum atomic E-state index is 10.7. The van der Waals surface area contributed by atoms with Crippen LogP contribution in [-0.4, -0.2) is 31.3 Å². The van der Waals surface area contributed by atoms with Crippen molar-refractivity contribution in [1.29, 1.82) is 0 Å². The summed E-state index contributed by atoms with van der Waals surface area (Å²) >= 11 is 0. The summed E-state index contributed by atoms with van der Waals surface area (Å²) in [6, 6.07) is 4.83. The summed E-state index contributed by atoms with van der Waals surface area (Å²) < 4.78 is 10.3. The molecular formula is C12H17NO4. The molecule has 17 heavy (non-hydrogen) atoms. The largest absolute Gasteiger partial charge is 0.497 e. The van der Waals surface area contributed by atoms with E-state index in [-0.39, 0.29) is 0 Å². The van der Waals surface area contributed by atoms with Crippen molar-refractivity contribution in [3.63, 3.8) is 0 Å². The molecule has 0 saturated heterocycles. The third kappa shape index (κ3) is 3.64. The summed E-state index contributed by atoms with van der Waals surface area (Å²) in [5, 5.41) is 11.6. The van der Waals surface area contributed by atoms with Gasteiger partial charge in [0.2, 0.25) is 0 Å². The number of carboxylic acid groups (broad SMARTS) is 1. The van der Waals surface area contributed by atoms with Crippen LogP contribution in [0.3, 0.4) is 0 Å². The standard InChI is InChI=1S/C12H17NO4/c1-8(12(14)15)13-7-9-4-5-10(16-2)6-11(9)17-3/h4-6,8,13H,7H2,1-3H3,(H,14,15)/t8-/m0/s1. The normalized spacial score (nSPS) is 11.9. The Morgan fingerprint density at radius 2 is 2.12 bits per heavy atom. The van der Waals surface area contributed by atoms with Crippen molar-refractivity contribution in [3.8, 4) is 11.5 Å². The molecule has 0 aliphatic rings. The smallest absolute Gasteiger partial charge is 0.320 e. The zero-order valence-electron chi connectivity index (χ0n) is 10.2. The second kappa shape index (κ2) is 6.10. The van der Waals surface area contributed by atoms with Crippen molar-refractivity contribution in [1.82, 2.24) is 5.32 Å². The highest BCUT2D eigenvalue weighted by Gasteiger charge is 2.11. The molecule has 0 unspecified atom stereocenters. The molecule has 1 rings (SSSR count). The van der Waals surface area contributed by atoms with Gasteiger partial charge in [0.25, 0.3) is 0 Å². The number of carboxylic acids is 1. The van der Waals surface area contributed by atoms with Crippen LogP contribution in [0.15, 0.2) is 18.2 Å². The number of aliphatic carboxylic acids is 1. The molecule has 0 radical (unpaired) electrons. The molecule has 5 heteroatoms. The molecule has 0 aliphatic heterocycles. The number of hydrogen-bond acceptors (Lipinski definition) is 4. The molecule has 5 nitrogen and oxygen atoms in total. The highest BCUT2D eigenvalue weighted by atomic mass is 16.5. The summed E-state index contributed by atoms with van der Waals surface area (Å²) in [5.41, 5.74) is 0.890. The number of rotatable bonds is 6. The van der Waals surface area contributed by atoms with Crippen molar-refractivity contribution in [2.75, 3.05) is 14.2 Å². The summed E-state index contributed by atoms with van der Waals surface area (Å²) in [6.45, 7) is 2.03. The Kier molecular flexibility index (Phi) is 4.78. The Bertz CT molecular complexity index is 392. The lowest BCUT2D eigenvalue weighted by Gasteiger charge is -2.13. The fourth-order valence-electron chi connectivity index (χ4n) is 1.35. The van der Waals surface area contributed by atoms with Gasteiger partial charge in [0, 0.05) is 18.2 Å². The predicted molar refractivity (Wildman–Crippen MR) is 63.5 cm³/mol. The summed E-state index contributed by atoms with van der Waals surface area (Å²) in [7, 11) is 3.15. The fraction of sp³-hybridized carbons (Fsp3) is 0.417. The fourth-order valence-corrected chi connectivity index (χ4v) is 1.35. The Morgan fingerprint density at radius 1 is 1.41 bits per heavy atom. The summed E-state index contributed by atoms with van der Waals surface area (Å²) in [4.78, 5) is 10.7. The number of methoxy groups -OCH3 is 2. The summed E-state index contributed by atoms with van der Waals surface area (Å²) in [5.74, 6) is 0.504. The van der Waals surface area contributed by atoms with E-state index in [4.69, 9.17) is 14.6 Å². The minimum Gasteiger partial charge on any atom is -0.497 e. The number of hydrogen-bond donors (Lipinski definition) is 2. The molecular weight excluding hydrogens is 222 g/mol. The maximum Gasteiger partial charge on any atom is 0.320 e. The Balaban J connectivity index is 2.73. The topological polar surface area (TPSA) is 67.8 Å². The Labute approximate surface area is 100 Å². The molecule has 0 fully saturated rings. The third-order valence-corrected chi connectivity index (χ3v) is 2.46. The molecule has 1 aromatic rings. The lowest BCUT2D eigenvalue weighted by atomic mass is 10.1. The van der Waals surface area contributed by atoms with E-state index in [1.807, 2.05) is 12.1 Å². The molecule has 0 aromatic heterocycles. The molecule has 0 spiro atoms. The van der Waals surface area contributed by atoms with Crippen molar-refractivity contribution < 1.29 is 19.4 Å². The van der Waals surface area contributed by atoms with Crippen LogP contribution < -0.4 is 14.8 Å². The number of carbonyl (C=O) groups is 1. The number of benzene rings is 1. The molecule has 0 bridgehead atoms. The number of nitrogens with one attached hydrogen (secondary N) is 1. The zero-order valence-corrected chi connectivity index (χ0v) is 10.2. The highest BCUT2D eigenvalue weighted by Crippen LogP contribution is 2.24. The molecule has 94 valence electrons. The van der Waals surface area contributed by atoms with Gasteiger partial charge in [-0.2, -0.15) is 0 Å². The molecule has 0 heterocycles. The first-order chi connectivity index (χ1) is 8.08. The number of ether oxygens (including phenoxy) is 2. The van der Waals surface area contributed by atoms with Crippen LogP contribution in [0.2, 0.25) is 0 Å². The van der Waals surface area contributed by atoms with E-state index in [1.165, 1.54) is 0 Å². The van der Waals surface area contributed by atoms with Gasteiger partial charge >= 0.3 is 5.97 Å². The molecule has 1 aromatic carbocycles. The Morgan fingerprint density at radius 3 is 2.65 bits per heavy atom. The van der Waals surface area contributed by atoms with Gasteiger partial charge in [-0.3, -0.25) is 4.79 Å². The molecule has 0 saturated carbocycles. The van der Waals surface area contributed by atoms with Gasteiger partial charge in [0.05, 0.1) is 14.2 Å². The molecule has 1 atom stereocenters. The second-order valence-corrected chi connectivity index (χ2v) is 3.62. The molecule has 0 amide bonds. The van der Waals surface area contributed by atoms with Crippen molar-refractivity contribution >= 4 is 5.97 Å². The van der Waals surface area contributed by atoms with Crippen LogP contribution in [0.1, 0.15) is 12.5 Å². The van der Waals surface area contributed by atoms with E-state index in [0.29, 0.717) is 18.0 Å². The first-order valence-electron chi connectivity index (χ1n) is 5.25. The van der Waals surface area contributed by atoms with Gasteiger partial charge in [0.15, 0.2) is 0 Å². The van der Waals surface area contributed by atoms with Crippen molar-refractivity contribution in [2.45, 2.75) is 19.5 Å². The maximum absolute atomic E-state index is 10.7. The van der Waals surface area contributed by atoms with Crippen LogP contribution in [0.25, 0.3) is 0 Å². The molecule has 2 N–H and O–H groups in total. The van der Waals surface area contributed by atoms with E-state index >= 15 is 0 Å². The van der Waals surface area contributed by atoms with Gasteiger partial charge in [-0.05, 0) is 13.0 Å². The molecule has 0 aliphatic carbocycles. The minimum atomic E-state index is -0.877. The van der Waals surface area contributed by atoms with E-state index in [0.717, 1.165) is 5.56 Å². The van der Waals surface area contributed by atoms with Gasteiger partial charge in [-0.1, -0.05) is 6.07 Å². The monoisotopic (exact) mass is 239 g/mol. The van der Waals surface area contributed by atoms with Crippen LogP contribution in [0, 0.1) is 0 Å². The minimum absolute atomic E-state index is 0.431. The van der Waals surface area contributed by atoms with Crippen LogP contribution >= 0.6 is 0 Å². The first kappa shape index (κ1) is 13.3. The average molecular weight is 239 g/mol. The van der Waals surface area contributed by atoms with Crippen LogP contribution in [-0.2, 0) is 11.3 Å². The lowest BCUT2D eigenvalue weighted by Crippen LogP contribution is -2.33. The van der Waals surface area contributed by atoms with E-state index in [9.17, 15) is 4.79 Å². The first-order valence-corrected chi connectivity index (χ1v) is 5.25. The summed E-state index contributed by atoms with van der Waals surface area (Å²) in [6.07, 6.45) is 0. The van der Waals surface area contributed by atoms with Crippen LogP contribution in [0.4, 0.5) is 0 Å². The van der Waals surface area contributed by atoms with Gasteiger partial charge in [0.1, 0.15) is 17.5 Å². The predicted octanol–water partition coefficient (Wildman–Crippen LogP) is 1.27. The van der Waals surface area contributed by atoms with Crippen LogP contribution in [0.5, 0.6) is 11.5 Å². The average Bonchev–Trinajstić information content (AvgIpc) is 2.35. The van der Waals surface area contributed by atoms with Gasteiger partial charge < -0.3 is 19.9 Å². The Hall–Kier alpha value is -1.75. The lowest BCUT2D eigenvalue weighted by molar-refractivity contribution is -0.139. The third-order valence-electron chi connectivity index (χ3n) is 2.46. The quantitative estimate of drug-likeness (QED) is 0.782. The van der Waals surface area contributed by atoms with E-state index < -0.39 is 12.0 Å². The highest BCUT2D eigenvalue weighted by molar-refractivity contribution is 5.72. The van der Waals surface area contributed by atoms with Crippen molar-refractivity contribution in [2.24, 2.45) is 0 Å². The van der Waals surface area contributed by atoms with E-state index in [2.05, 4.69) is 5.32 Å². The van der Waals surface area contributed by atoms with Gasteiger partial charge in [-0.15, -0.1) is 0 Å².